The van der Waals surface area contributed by atoms with E-state index in [1.165, 1.54) is 0 Å². The Balaban J connectivity index is 2.23. The maximum absolute atomic E-state index is 11.3. The van der Waals surface area contributed by atoms with Crippen molar-refractivity contribution in [2.45, 2.75) is 18.9 Å². The van der Waals surface area contributed by atoms with E-state index in [0.717, 1.165) is 6.42 Å². The lowest BCUT2D eigenvalue weighted by Gasteiger charge is -2.14. The highest BCUT2D eigenvalue weighted by Crippen LogP contribution is 2.09. The van der Waals surface area contributed by atoms with Crippen molar-refractivity contribution in [1.29, 1.82) is 0 Å². The second-order valence-electron chi connectivity index (χ2n) is 3.14. The Morgan fingerprint density at radius 2 is 2.50 bits per heavy atom. The SMILES string of the molecule is CNCCC(=O)N1CCC(O)C1. The summed E-state index contributed by atoms with van der Waals surface area (Å²) in [7, 11) is 1.83. The number of rotatable bonds is 3. The van der Waals surface area contributed by atoms with Gasteiger partial charge in [-0.1, -0.05) is 0 Å². The van der Waals surface area contributed by atoms with E-state index in [2.05, 4.69) is 5.32 Å². The molecule has 0 saturated carbocycles. The molecule has 0 aromatic heterocycles. The van der Waals surface area contributed by atoms with E-state index in [1.807, 2.05) is 7.05 Å². The second kappa shape index (κ2) is 4.42. The third kappa shape index (κ3) is 2.46. The van der Waals surface area contributed by atoms with Gasteiger partial charge in [0.15, 0.2) is 0 Å². The first-order valence-electron chi connectivity index (χ1n) is 4.34. The molecule has 1 unspecified atom stereocenters. The van der Waals surface area contributed by atoms with Gasteiger partial charge in [-0.15, -0.1) is 0 Å². The molecule has 0 radical (unpaired) electrons. The molecular weight excluding hydrogens is 156 g/mol. The van der Waals surface area contributed by atoms with Crippen LogP contribution in [0.4, 0.5) is 0 Å². The fraction of sp³-hybridized carbons (Fsp3) is 0.875. The van der Waals surface area contributed by atoms with Crippen LogP contribution in [-0.2, 0) is 4.79 Å². The van der Waals surface area contributed by atoms with Crippen LogP contribution in [0.2, 0.25) is 0 Å². The van der Waals surface area contributed by atoms with Gasteiger partial charge in [0.05, 0.1) is 6.10 Å². The van der Waals surface area contributed by atoms with Crippen LogP contribution in [0.3, 0.4) is 0 Å². The minimum Gasteiger partial charge on any atom is -0.391 e. The van der Waals surface area contributed by atoms with Crippen LogP contribution in [0, 0.1) is 0 Å². The van der Waals surface area contributed by atoms with Crippen molar-refractivity contribution >= 4 is 5.91 Å². The number of aliphatic hydroxyl groups excluding tert-OH is 1. The minimum absolute atomic E-state index is 0.140. The molecular formula is C8H16N2O2. The molecule has 0 bridgehead atoms. The normalized spacial score (nSPS) is 23.2. The summed E-state index contributed by atoms with van der Waals surface area (Å²) in [4.78, 5) is 13.0. The third-order valence-electron chi connectivity index (χ3n) is 2.10. The molecule has 0 spiro atoms. The van der Waals surface area contributed by atoms with Crippen LogP contribution in [0.15, 0.2) is 0 Å². The summed E-state index contributed by atoms with van der Waals surface area (Å²) in [6.07, 6.45) is 0.956. The molecule has 1 heterocycles. The van der Waals surface area contributed by atoms with Gasteiger partial charge in [-0.3, -0.25) is 4.79 Å². The van der Waals surface area contributed by atoms with Gasteiger partial charge < -0.3 is 15.3 Å². The zero-order valence-corrected chi connectivity index (χ0v) is 7.42. The van der Waals surface area contributed by atoms with Crippen LogP contribution < -0.4 is 5.32 Å². The highest BCUT2D eigenvalue weighted by Gasteiger charge is 2.23. The molecule has 1 saturated heterocycles. The zero-order valence-electron chi connectivity index (χ0n) is 7.42. The summed E-state index contributed by atoms with van der Waals surface area (Å²) in [5.41, 5.74) is 0. The number of β-amino-alcohol motifs (C(OH)–C–C–N with tert-alkyl or cyclic N) is 1. The minimum atomic E-state index is -0.302. The van der Waals surface area contributed by atoms with Crippen molar-refractivity contribution in [3.05, 3.63) is 0 Å². The summed E-state index contributed by atoms with van der Waals surface area (Å²) < 4.78 is 0. The van der Waals surface area contributed by atoms with E-state index < -0.39 is 0 Å². The van der Waals surface area contributed by atoms with Gasteiger partial charge >= 0.3 is 0 Å². The predicted octanol–water partition coefficient (Wildman–Crippen LogP) is -0.811. The highest BCUT2D eigenvalue weighted by molar-refractivity contribution is 5.76. The van der Waals surface area contributed by atoms with Crippen LogP contribution in [0.1, 0.15) is 12.8 Å². The Labute approximate surface area is 72.6 Å². The van der Waals surface area contributed by atoms with Gasteiger partial charge in [-0.2, -0.15) is 0 Å². The maximum atomic E-state index is 11.3. The number of likely N-dealkylation sites (tertiary alicyclic amines) is 1. The number of nitrogens with zero attached hydrogens (tertiary/aromatic N) is 1. The Bertz CT molecular complexity index is 161. The molecule has 1 atom stereocenters. The van der Waals surface area contributed by atoms with Gasteiger partial charge in [-0.25, -0.2) is 0 Å². The highest BCUT2D eigenvalue weighted by atomic mass is 16.3. The largest absolute Gasteiger partial charge is 0.391 e. The standard InChI is InChI=1S/C8H16N2O2/c1-9-4-2-8(12)10-5-3-7(11)6-10/h7,9,11H,2-6H2,1H3. The van der Waals surface area contributed by atoms with Gasteiger partial charge in [0.1, 0.15) is 0 Å². The summed E-state index contributed by atoms with van der Waals surface area (Å²) in [6, 6.07) is 0. The summed E-state index contributed by atoms with van der Waals surface area (Å²) in [5, 5.41) is 12.1. The molecule has 12 heavy (non-hydrogen) atoms. The Morgan fingerprint density at radius 3 is 3.00 bits per heavy atom. The average Bonchev–Trinajstić information content (AvgIpc) is 2.47. The lowest BCUT2D eigenvalue weighted by Crippen LogP contribution is -2.31. The number of aliphatic hydroxyl groups is 1. The zero-order chi connectivity index (χ0) is 8.97. The van der Waals surface area contributed by atoms with Crippen molar-refractivity contribution in [3.8, 4) is 0 Å². The van der Waals surface area contributed by atoms with Gasteiger partial charge in [-0.05, 0) is 13.5 Å². The fourth-order valence-electron chi connectivity index (χ4n) is 1.36. The number of hydrogen-bond donors (Lipinski definition) is 2. The predicted molar refractivity (Wildman–Crippen MR) is 45.7 cm³/mol. The topological polar surface area (TPSA) is 52.6 Å². The van der Waals surface area contributed by atoms with Gasteiger partial charge in [0.2, 0.25) is 5.91 Å². The lowest BCUT2D eigenvalue weighted by atomic mass is 10.3. The summed E-state index contributed by atoms with van der Waals surface area (Å²) in [6.45, 7) is 1.94. The van der Waals surface area contributed by atoms with Gasteiger partial charge in [0, 0.05) is 26.1 Å². The molecule has 0 aromatic carbocycles. The molecule has 1 fully saturated rings. The lowest BCUT2D eigenvalue weighted by molar-refractivity contribution is -0.130. The molecule has 1 aliphatic heterocycles. The number of carbonyl (C=O) groups excluding carboxylic acids is 1. The van der Waals surface area contributed by atoms with E-state index >= 15 is 0 Å². The molecule has 70 valence electrons. The quantitative estimate of drug-likeness (QED) is 0.585. The molecule has 1 aliphatic rings. The average molecular weight is 172 g/mol. The molecule has 0 aromatic rings. The first kappa shape index (κ1) is 9.48. The molecule has 4 heteroatoms. The molecule has 2 N–H and O–H groups in total. The third-order valence-corrected chi connectivity index (χ3v) is 2.10. The smallest absolute Gasteiger partial charge is 0.223 e. The van der Waals surface area contributed by atoms with Crippen LogP contribution in [-0.4, -0.2) is 48.7 Å². The monoisotopic (exact) mass is 172 g/mol. The number of amides is 1. The molecule has 1 rings (SSSR count). The first-order chi connectivity index (χ1) is 5.74. The number of hydrogen-bond acceptors (Lipinski definition) is 3. The van der Waals surface area contributed by atoms with E-state index in [4.69, 9.17) is 5.11 Å². The Kier molecular flexibility index (Phi) is 3.49. The van der Waals surface area contributed by atoms with Crippen molar-refractivity contribution in [2.75, 3.05) is 26.7 Å². The van der Waals surface area contributed by atoms with Crippen LogP contribution in [0.25, 0.3) is 0 Å². The van der Waals surface area contributed by atoms with E-state index in [-0.39, 0.29) is 12.0 Å². The maximum Gasteiger partial charge on any atom is 0.223 e. The fourth-order valence-corrected chi connectivity index (χ4v) is 1.36. The first-order valence-corrected chi connectivity index (χ1v) is 4.34. The van der Waals surface area contributed by atoms with E-state index in [9.17, 15) is 4.79 Å². The van der Waals surface area contributed by atoms with E-state index in [1.54, 1.807) is 4.90 Å². The second-order valence-corrected chi connectivity index (χ2v) is 3.14. The summed E-state index contributed by atoms with van der Waals surface area (Å²) in [5.74, 6) is 0.140. The number of nitrogens with one attached hydrogen (secondary N) is 1. The van der Waals surface area contributed by atoms with Crippen molar-refractivity contribution in [3.63, 3.8) is 0 Å². The van der Waals surface area contributed by atoms with Crippen molar-refractivity contribution in [2.24, 2.45) is 0 Å². The molecule has 4 nitrogen and oxygen atoms in total. The van der Waals surface area contributed by atoms with Crippen molar-refractivity contribution in [1.82, 2.24) is 10.2 Å². The number of carbonyl (C=O) groups is 1. The van der Waals surface area contributed by atoms with E-state index in [0.29, 0.717) is 26.1 Å². The van der Waals surface area contributed by atoms with Crippen LogP contribution in [0.5, 0.6) is 0 Å². The van der Waals surface area contributed by atoms with Crippen molar-refractivity contribution < 1.29 is 9.90 Å². The van der Waals surface area contributed by atoms with Crippen LogP contribution >= 0.6 is 0 Å². The molecule has 0 aliphatic carbocycles. The Hall–Kier alpha value is -0.610. The summed E-state index contributed by atoms with van der Waals surface area (Å²) >= 11 is 0. The Morgan fingerprint density at radius 1 is 1.75 bits per heavy atom. The van der Waals surface area contributed by atoms with Gasteiger partial charge in [0.25, 0.3) is 0 Å². The molecule has 1 amide bonds.